The normalized spacial score (nSPS) is 16.8. The fraction of sp³-hybridized carbons (Fsp3) is 0.314. The Labute approximate surface area is 250 Å². The molecule has 2 aliphatic rings. The summed E-state index contributed by atoms with van der Waals surface area (Å²) in [6.45, 7) is 0. The molecular weight excluding hydrogens is 540 g/mol. The summed E-state index contributed by atoms with van der Waals surface area (Å²) in [5.74, 6) is -0.636. The highest BCUT2D eigenvalue weighted by Gasteiger charge is 2.42. The monoisotopic (exact) mass is 576 g/mol. The molecule has 6 rings (SSSR count). The third kappa shape index (κ3) is 6.09. The first-order chi connectivity index (χ1) is 20.9. The lowest BCUT2D eigenvalue weighted by molar-refractivity contribution is -0.131. The van der Waals surface area contributed by atoms with Crippen molar-refractivity contribution in [2.24, 2.45) is 0 Å². The minimum Gasteiger partial charge on any atom is -0.478 e. The molecule has 1 aromatic heterocycles. The zero-order chi connectivity index (χ0) is 29.8. The van der Waals surface area contributed by atoms with Gasteiger partial charge in [0.1, 0.15) is 11.4 Å². The molecule has 2 fully saturated rings. The maximum absolute atomic E-state index is 13.7. The van der Waals surface area contributed by atoms with Gasteiger partial charge in [-0.05, 0) is 67.7 Å². The maximum Gasteiger partial charge on any atom is 0.328 e. The number of carboxylic acid groups (broad SMARTS) is 1. The molecule has 3 N–H and O–H groups in total. The minimum atomic E-state index is -1.02. The van der Waals surface area contributed by atoms with Gasteiger partial charge in [0.15, 0.2) is 0 Å². The van der Waals surface area contributed by atoms with E-state index in [1.54, 1.807) is 24.3 Å². The Hall–Kier alpha value is -4.72. The highest BCUT2D eigenvalue weighted by molar-refractivity contribution is 6.05. The number of benzene rings is 3. The summed E-state index contributed by atoms with van der Waals surface area (Å²) in [5, 5.41) is 14.9. The van der Waals surface area contributed by atoms with Gasteiger partial charge in [-0.2, -0.15) is 0 Å². The van der Waals surface area contributed by atoms with Crippen molar-refractivity contribution < 1.29 is 19.5 Å². The van der Waals surface area contributed by atoms with Crippen molar-refractivity contribution in [1.29, 1.82) is 0 Å². The molecule has 0 aliphatic heterocycles. The van der Waals surface area contributed by atoms with Crippen molar-refractivity contribution >= 4 is 40.6 Å². The second kappa shape index (κ2) is 12.3. The number of carboxylic acids is 1. The molecule has 0 bridgehead atoms. The second-order valence-corrected chi connectivity index (χ2v) is 11.7. The average molecular weight is 577 g/mol. The van der Waals surface area contributed by atoms with Crippen LogP contribution >= 0.6 is 0 Å². The Bertz CT molecular complexity index is 1660. The van der Waals surface area contributed by atoms with Gasteiger partial charge in [0, 0.05) is 28.9 Å². The molecule has 0 unspecified atom stereocenters. The third-order valence-corrected chi connectivity index (χ3v) is 8.75. The molecule has 0 saturated heterocycles. The summed E-state index contributed by atoms with van der Waals surface area (Å²) in [7, 11) is 0. The maximum atomic E-state index is 13.7. The number of nitrogens with zero attached hydrogens (tertiary/aromatic N) is 2. The highest BCUT2D eigenvalue weighted by atomic mass is 16.4. The number of hydrogen-bond acceptors (Lipinski definition) is 4. The van der Waals surface area contributed by atoms with Crippen molar-refractivity contribution in [2.45, 2.75) is 69.4 Å². The van der Waals surface area contributed by atoms with Crippen molar-refractivity contribution in [1.82, 2.24) is 14.9 Å². The first kappa shape index (κ1) is 28.4. The van der Waals surface area contributed by atoms with E-state index in [1.807, 2.05) is 36.4 Å². The van der Waals surface area contributed by atoms with E-state index in [0.29, 0.717) is 35.7 Å². The summed E-state index contributed by atoms with van der Waals surface area (Å²) in [6, 6.07) is 23.2. The number of carbonyl (C=O) groups excluding carboxylic acids is 2. The first-order valence-electron chi connectivity index (χ1n) is 15.1. The number of amides is 2. The fourth-order valence-electron chi connectivity index (χ4n) is 6.51. The molecule has 1 heterocycles. The Morgan fingerprint density at radius 3 is 2.30 bits per heavy atom. The Kier molecular flexibility index (Phi) is 8.09. The molecule has 0 atom stereocenters. The van der Waals surface area contributed by atoms with Gasteiger partial charge in [-0.1, -0.05) is 74.6 Å². The van der Waals surface area contributed by atoms with Crippen LogP contribution in [-0.4, -0.2) is 38.0 Å². The smallest absolute Gasteiger partial charge is 0.328 e. The van der Waals surface area contributed by atoms with Crippen LogP contribution in [0.3, 0.4) is 0 Å². The second-order valence-electron chi connectivity index (χ2n) is 11.7. The molecule has 0 radical (unpaired) electrons. The van der Waals surface area contributed by atoms with E-state index in [4.69, 9.17) is 10.1 Å². The zero-order valence-electron chi connectivity index (χ0n) is 24.1. The van der Waals surface area contributed by atoms with Gasteiger partial charge in [-0.15, -0.1) is 0 Å². The predicted molar refractivity (Wildman–Crippen MR) is 168 cm³/mol. The summed E-state index contributed by atoms with van der Waals surface area (Å²) in [6.07, 6.45) is 11.3. The topological polar surface area (TPSA) is 113 Å². The zero-order valence-corrected chi connectivity index (χ0v) is 24.1. The molecule has 2 saturated carbocycles. The van der Waals surface area contributed by atoms with Crippen LogP contribution in [0.5, 0.6) is 0 Å². The van der Waals surface area contributed by atoms with E-state index in [2.05, 4.69) is 27.3 Å². The number of aliphatic carboxylic acids is 1. The summed E-state index contributed by atoms with van der Waals surface area (Å²) < 4.78 is 2.36. The molecular formula is C35H36N4O4. The van der Waals surface area contributed by atoms with Crippen molar-refractivity contribution in [2.75, 3.05) is 5.32 Å². The van der Waals surface area contributed by atoms with Gasteiger partial charge in [-0.3, -0.25) is 9.59 Å². The van der Waals surface area contributed by atoms with Crippen LogP contribution in [0.2, 0.25) is 0 Å². The van der Waals surface area contributed by atoms with E-state index in [-0.39, 0.29) is 11.8 Å². The van der Waals surface area contributed by atoms with Crippen LogP contribution in [0.4, 0.5) is 5.69 Å². The van der Waals surface area contributed by atoms with E-state index < -0.39 is 11.5 Å². The summed E-state index contributed by atoms with van der Waals surface area (Å²) in [4.78, 5) is 43.0. The quantitative estimate of drug-likeness (QED) is 0.196. The summed E-state index contributed by atoms with van der Waals surface area (Å²) in [5.41, 5.74) is 3.63. The lowest BCUT2D eigenvalue weighted by Gasteiger charge is -2.29. The van der Waals surface area contributed by atoms with Gasteiger partial charge < -0.3 is 20.3 Å². The SMILES string of the molecule is O=C(O)/C=C/c1ccc(NC(=O)C2(NC(=O)c3ccc4c(c3)nc(-c3ccccc3)n4C3CCCCC3)CCCC2)cc1. The number of nitrogens with one attached hydrogen (secondary N) is 2. The Balaban J connectivity index is 1.24. The number of hydrogen-bond donors (Lipinski definition) is 3. The first-order valence-corrected chi connectivity index (χ1v) is 15.1. The van der Waals surface area contributed by atoms with Crippen molar-refractivity contribution in [3.63, 3.8) is 0 Å². The molecule has 8 heteroatoms. The van der Waals surface area contributed by atoms with Crippen LogP contribution in [0, 0.1) is 0 Å². The number of fused-ring (bicyclic) bond motifs is 1. The molecule has 3 aromatic carbocycles. The van der Waals surface area contributed by atoms with E-state index in [1.165, 1.54) is 25.3 Å². The molecule has 4 aromatic rings. The average Bonchev–Trinajstić information content (AvgIpc) is 3.67. The molecule has 8 nitrogen and oxygen atoms in total. The lowest BCUT2D eigenvalue weighted by atomic mass is 9.94. The third-order valence-electron chi connectivity index (χ3n) is 8.75. The molecule has 2 amide bonds. The van der Waals surface area contributed by atoms with Gasteiger partial charge in [-0.25, -0.2) is 9.78 Å². The standard InChI is InChI=1S/C35H36N4O4/c40-31(41)20-15-24-13-17-27(18-14-24)36-34(43)35(21-7-8-22-35)38-33(42)26-16-19-30-29(23-26)37-32(25-9-3-1-4-10-25)39(30)28-11-5-2-6-12-28/h1,3-4,9-10,13-20,23,28H,2,5-8,11-12,21-22H2,(H,36,43)(H,38,42)(H,40,41)/b20-15+. The highest BCUT2D eigenvalue weighted by Crippen LogP contribution is 2.36. The number of imidazole rings is 1. The Morgan fingerprint density at radius 1 is 0.884 bits per heavy atom. The van der Waals surface area contributed by atoms with Gasteiger partial charge in [0.05, 0.1) is 11.0 Å². The van der Waals surface area contributed by atoms with Gasteiger partial charge >= 0.3 is 5.97 Å². The van der Waals surface area contributed by atoms with Crippen molar-refractivity contribution in [3.8, 4) is 11.4 Å². The van der Waals surface area contributed by atoms with Crippen LogP contribution in [0.25, 0.3) is 28.5 Å². The van der Waals surface area contributed by atoms with Gasteiger partial charge in [0.25, 0.3) is 5.91 Å². The number of carbonyl (C=O) groups is 3. The number of rotatable bonds is 8. The lowest BCUT2D eigenvalue weighted by Crippen LogP contribution is -2.55. The van der Waals surface area contributed by atoms with E-state index >= 15 is 0 Å². The van der Waals surface area contributed by atoms with Crippen LogP contribution in [-0.2, 0) is 9.59 Å². The van der Waals surface area contributed by atoms with Crippen LogP contribution in [0.15, 0.2) is 78.9 Å². The molecule has 220 valence electrons. The van der Waals surface area contributed by atoms with E-state index in [0.717, 1.165) is 54.2 Å². The minimum absolute atomic E-state index is 0.249. The molecule has 0 spiro atoms. The molecule has 2 aliphatic carbocycles. The Morgan fingerprint density at radius 2 is 1.60 bits per heavy atom. The number of anilines is 1. The van der Waals surface area contributed by atoms with Gasteiger partial charge in [0.2, 0.25) is 5.91 Å². The van der Waals surface area contributed by atoms with Crippen molar-refractivity contribution in [3.05, 3.63) is 90.0 Å². The number of aromatic nitrogens is 2. The molecule has 43 heavy (non-hydrogen) atoms. The van der Waals surface area contributed by atoms with Crippen LogP contribution < -0.4 is 10.6 Å². The largest absolute Gasteiger partial charge is 0.478 e. The summed E-state index contributed by atoms with van der Waals surface area (Å²) >= 11 is 0. The van der Waals surface area contributed by atoms with Crippen LogP contribution in [0.1, 0.15) is 79.8 Å². The predicted octanol–water partition coefficient (Wildman–Crippen LogP) is 6.99. The van der Waals surface area contributed by atoms with E-state index in [9.17, 15) is 14.4 Å². The fourth-order valence-corrected chi connectivity index (χ4v) is 6.51.